The smallest absolute Gasteiger partial charge is 0.326 e. The second-order valence-corrected chi connectivity index (χ2v) is 8.98. The van der Waals surface area contributed by atoms with Crippen LogP contribution in [0.5, 0.6) is 0 Å². The third kappa shape index (κ3) is 4.14. The minimum absolute atomic E-state index is 0.0153. The van der Waals surface area contributed by atoms with Crippen LogP contribution < -0.4 is 0 Å². The van der Waals surface area contributed by atoms with Gasteiger partial charge in [0.15, 0.2) is 0 Å². The first-order valence-corrected chi connectivity index (χ1v) is 10.5. The zero-order valence-corrected chi connectivity index (χ0v) is 15.7. The van der Waals surface area contributed by atoms with Crippen LogP contribution in [0.4, 0.5) is 4.39 Å². The molecule has 2 aliphatic rings. The summed E-state index contributed by atoms with van der Waals surface area (Å²) in [5.41, 5.74) is 0. The monoisotopic (exact) mass is 398 g/mol. The Kier molecular flexibility index (Phi) is 5.81. The molecule has 2 atom stereocenters. The molecular formula is C18H23FN2O5S. The van der Waals surface area contributed by atoms with Crippen molar-refractivity contribution in [2.45, 2.75) is 43.0 Å². The summed E-state index contributed by atoms with van der Waals surface area (Å²) in [7, 11) is -3.83. The lowest BCUT2D eigenvalue weighted by Gasteiger charge is -2.38. The molecule has 0 radical (unpaired) electrons. The number of carboxylic acid groups (broad SMARTS) is 1. The first kappa shape index (κ1) is 19.8. The highest BCUT2D eigenvalue weighted by molar-refractivity contribution is 7.89. The number of halogens is 1. The molecule has 0 aliphatic carbocycles. The Labute approximate surface area is 157 Å². The van der Waals surface area contributed by atoms with Gasteiger partial charge >= 0.3 is 5.97 Å². The molecule has 27 heavy (non-hydrogen) atoms. The number of amides is 1. The van der Waals surface area contributed by atoms with E-state index in [0.717, 1.165) is 25.0 Å². The fourth-order valence-electron chi connectivity index (χ4n) is 3.80. The van der Waals surface area contributed by atoms with Crippen molar-refractivity contribution in [1.29, 1.82) is 0 Å². The van der Waals surface area contributed by atoms with Crippen molar-refractivity contribution >= 4 is 21.9 Å². The highest BCUT2D eigenvalue weighted by atomic mass is 32.2. The average molecular weight is 398 g/mol. The van der Waals surface area contributed by atoms with Crippen molar-refractivity contribution in [3.05, 3.63) is 30.1 Å². The van der Waals surface area contributed by atoms with Crippen LogP contribution in [0.25, 0.3) is 0 Å². The predicted molar refractivity (Wildman–Crippen MR) is 94.9 cm³/mol. The molecule has 1 amide bonds. The Morgan fingerprint density at radius 1 is 1.04 bits per heavy atom. The Morgan fingerprint density at radius 2 is 1.74 bits per heavy atom. The maximum absolute atomic E-state index is 13.1. The van der Waals surface area contributed by atoms with E-state index in [2.05, 4.69) is 0 Å². The fraction of sp³-hybridized carbons (Fsp3) is 0.556. The van der Waals surface area contributed by atoms with Gasteiger partial charge in [0.25, 0.3) is 0 Å². The molecule has 2 fully saturated rings. The minimum atomic E-state index is -3.83. The zero-order chi connectivity index (χ0) is 19.6. The summed E-state index contributed by atoms with van der Waals surface area (Å²) < 4.78 is 39.9. The van der Waals surface area contributed by atoms with Gasteiger partial charge in [-0.1, -0.05) is 0 Å². The topological polar surface area (TPSA) is 95.0 Å². The summed E-state index contributed by atoms with van der Waals surface area (Å²) in [6, 6.07) is 3.76. The van der Waals surface area contributed by atoms with Crippen molar-refractivity contribution < 1.29 is 27.5 Å². The number of carbonyl (C=O) groups excluding carboxylic acids is 1. The molecule has 2 saturated heterocycles. The Bertz CT molecular complexity index is 812. The summed E-state index contributed by atoms with van der Waals surface area (Å²) in [4.78, 5) is 25.7. The van der Waals surface area contributed by atoms with E-state index in [9.17, 15) is 27.5 Å². The van der Waals surface area contributed by atoms with E-state index < -0.39 is 33.8 Å². The highest BCUT2D eigenvalue weighted by Crippen LogP contribution is 2.27. The number of rotatable bonds is 4. The van der Waals surface area contributed by atoms with Gasteiger partial charge < -0.3 is 10.0 Å². The van der Waals surface area contributed by atoms with Crippen LogP contribution in [0.1, 0.15) is 32.1 Å². The summed E-state index contributed by atoms with van der Waals surface area (Å²) >= 11 is 0. The second kappa shape index (κ2) is 7.93. The van der Waals surface area contributed by atoms with E-state index in [1.165, 1.54) is 21.3 Å². The second-order valence-electron chi connectivity index (χ2n) is 7.04. The lowest BCUT2D eigenvalue weighted by atomic mass is 9.94. The fourth-order valence-corrected chi connectivity index (χ4v) is 5.33. The largest absolute Gasteiger partial charge is 0.480 e. The first-order chi connectivity index (χ1) is 12.8. The maximum Gasteiger partial charge on any atom is 0.326 e. The van der Waals surface area contributed by atoms with Crippen LogP contribution in [-0.4, -0.2) is 60.3 Å². The summed E-state index contributed by atoms with van der Waals surface area (Å²) in [5, 5.41) is 9.38. The van der Waals surface area contributed by atoms with Gasteiger partial charge in [-0.05, 0) is 56.4 Å². The molecular weight excluding hydrogens is 375 g/mol. The number of benzene rings is 1. The Balaban J connectivity index is 1.76. The predicted octanol–water partition coefficient (Wildman–Crippen LogP) is 1.69. The molecule has 9 heteroatoms. The van der Waals surface area contributed by atoms with Crippen LogP contribution >= 0.6 is 0 Å². The number of nitrogens with zero attached hydrogens (tertiary/aromatic N) is 2. The van der Waals surface area contributed by atoms with E-state index in [-0.39, 0.29) is 23.9 Å². The third-order valence-electron chi connectivity index (χ3n) is 5.26. The van der Waals surface area contributed by atoms with Crippen molar-refractivity contribution in [3.8, 4) is 0 Å². The van der Waals surface area contributed by atoms with Gasteiger partial charge in [-0.15, -0.1) is 0 Å². The van der Waals surface area contributed by atoms with Crippen LogP contribution in [-0.2, 0) is 19.6 Å². The standard InChI is InChI=1S/C18H23FN2O5S/c19-14-6-8-15(9-7-14)27(25,26)20-10-3-4-13(12-20)17(22)21-11-2-1-5-16(21)18(23)24/h6-9,13,16H,1-5,10-12H2,(H,23,24). The Morgan fingerprint density at radius 3 is 2.41 bits per heavy atom. The van der Waals surface area contributed by atoms with Gasteiger partial charge in [-0.25, -0.2) is 17.6 Å². The van der Waals surface area contributed by atoms with Crippen molar-refractivity contribution in [2.75, 3.05) is 19.6 Å². The molecule has 0 aromatic heterocycles. The molecule has 1 aromatic rings. The zero-order valence-electron chi connectivity index (χ0n) is 14.9. The number of hydrogen-bond acceptors (Lipinski definition) is 4. The number of hydrogen-bond donors (Lipinski definition) is 1. The van der Waals surface area contributed by atoms with Gasteiger partial charge in [-0.2, -0.15) is 4.31 Å². The average Bonchev–Trinajstić information content (AvgIpc) is 2.68. The van der Waals surface area contributed by atoms with E-state index >= 15 is 0 Å². The minimum Gasteiger partial charge on any atom is -0.480 e. The summed E-state index contributed by atoms with van der Waals surface area (Å²) in [6.45, 7) is 0.685. The van der Waals surface area contributed by atoms with Crippen LogP contribution in [0, 0.1) is 11.7 Å². The third-order valence-corrected chi connectivity index (χ3v) is 7.14. The molecule has 148 valence electrons. The lowest BCUT2D eigenvalue weighted by Crippen LogP contribution is -2.53. The van der Waals surface area contributed by atoms with E-state index in [1.54, 1.807) is 0 Å². The van der Waals surface area contributed by atoms with Crippen LogP contribution in [0.3, 0.4) is 0 Å². The highest BCUT2D eigenvalue weighted by Gasteiger charge is 2.39. The lowest BCUT2D eigenvalue weighted by molar-refractivity contribution is -0.154. The molecule has 0 spiro atoms. The molecule has 1 N–H and O–H groups in total. The van der Waals surface area contributed by atoms with E-state index in [1.807, 2.05) is 0 Å². The van der Waals surface area contributed by atoms with Gasteiger partial charge in [0.1, 0.15) is 11.9 Å². The molecule has 0 bridgehead atoms. The quantitative estimate of drug-likeness (QED) is 0.833. The number of likely N-dealkylation sites (tertiary alicyclic amines) is 1. The van der Waals surface area contributed by atoms with Crippen molar-refractivity contribution in [3.63, 3.8) is 0 Å². The molecule has 1 aromatic carbocycles. The maximum atomic E-state index is 13.1. The molecule has 3 rings (SSSR count). The van der Waals surface area contributed by atoms with E-state index in [0.29, 0.717) is 25.8 Å². The Hall–Kier alpha value is -2.00. The van der Waals surface area contributed by atoms with Crippen molar-refractivity contribution in [2.24, 2.45) is 5.92 Å². The first-order valence-electron chi connectivity index (χ1n) is 9.09. The molecule has 7 nitrogen and oxygen atoms in total. The molecule has 0 saturated carbocycles. The van der Waals surface area contributed by atoms with E-state index in [4.69, 9.17) is 0 Å². The molecule has 2 unspecified atom stereocenters. The number of carbonyl (C=O) groups is 2. The van der Waals surface area contributed by atoms with Gasteiger partial charge in [0.2, 0.25) is 15.9 Å². The van der Waals surface area contributed by atoms with Crippen LogP contribution in [0.2, 0.25) is 0 Å². The van der Waals surface area contributed by atoms with Gasteiger partial charge in [0, 0.05) is 19.6 Å². The van der Waals surface area contributed by atoms with Gasteiger partial charge in [-0.3, -0.25) is 4.79 Å². The number of aliphatic carboxylic acids is 1. The number of carboxylic acids is 1. The summed E-state index contributed by atoms with van der Waals surface area (Å²) in [6.07, 6.45) is 2.97. The number of sulfonamides is 1. The molecule has 2 heterocycles. The van der Waals surface area contributed by atoms with Crippen molar-refractivity contribution in [1.82, 2.24) is 9.21 Å². The SMILES string of the molecule is O=C(O)C1CCCCN1C(=O)C1CCCN(S(=O)(=O)c2ccc(F)cc2)C1. The van der Waals surface area contributed by atoms with Gasteiger partial charge in [0.05, 0.1) is 10.8 Å². The number of piperidine rings is 2. The normalized spacial score (nSPS) is 24.6. The summed E-state index contributed by atoms with van der Waals surface area (Å²) in [5.74, 6) is -2.39. The van der Waals surface area contributed by atoms with Crippen LogP contribution in [0.15, 0.2) is 29.2 Å². The molecule has 2 aliphatic heterocycles.